The first-order valence-corrected chi connectivity index (χ1v) is 8.14. The SMILES string of the molecule is CC(C)(Cc1ccccc1)C(=O)N1CCN2CCCC2C1. The highest BCUT2D eigenvalue weighted by Crippen LogP contribution is 2.28. The number of hydrogen-bond acceptors (Lipinski definition) is 2. The molecule has 0 bridgehead atoms. The molecule has 114 valence electrons. The molecule has 0 aliphatic carbocycles. The van der Waals surface area contributed by atoms with Gasteiger partial charge < -0.3 is 4.90 Å². The van der Waals surface area contributed by atoms with Gasteiger partial charge in [-0.25, -0.2) is 0 Å². The van der Waals surface area contributed by atoms with E-state index < -0.39 is 0 Å². The second kappa shape index (κ2) is 5.80. The van der Waals surface area contributed by atoms with Crippen molar-refractivity contribution in [3.63, 3.8) is 0 Å². The van der Waals surface area contributed by atoms with E-state index >= 15 is 0 Å². The molecule has 1 unspecified atom stereocenters. The fraction of sp³-hybridized carbons (Fsp3) is 0.611. The zero-order valence-corrected chi connectivity index (χ0v) is 13.2. The number of piperazine rings is 1. The Balaban J connectivity index is 1.66. The maximum Gasteiger partial charge on any atom is 0.228 e. The van der Waals surface area contributed by atoms with E-state index in [1.165, 1.54) is 24.9 Å². The van der Waals surface area contributed by atoms with E-state index in [0.29, 0.717) is 11.9 Å². The number of carbonyl (C=O) groups excluding carboxylic acids is 1. The maximum atomic E-state index is 12.9. The van der Waals surface area contributed by atoms with Crippen LogP contribution >= 0.6 is 0 Å². The van der Waals surface area contributed by atoms with Crippen LogP contribution in [-0.2, 0) is 11.2 Å². The third-order valence-corrected chi connectivity index (χ3v) is 4.94. The molecule has 0 aromatic heterocycles. The summed E-state index contributed by atoms with van der Waals surface area (Å²) in [6, 6.07) is 11.0. The van der Waals surface area contributed by atoms with E-state index in [-0.39, 0.29) is 5.41 Å². The summed E-state index contributed by atoms with van der Waals surface area (Å²) < 4.78 is 0. The number of benzene rings is 1. The smallest absolute Gasteiger partial charge is 0.228 e. The highest BCUT2D eigenvalue weighted by atomic mass is 16.2. The predicted molar refractivity (Wildman–Crippen MR) is 85.1 cm³/mol. The van der Waals surface area contributed by atoms with Crippen molar-refractivity contribution in [2.75, 3.05) is 26.2 Å². The van der Waals surface area contributed by atoms with Crippen molar-refractivity contribution in [2.24, 2.45) is 5.41 Å². The Hall–Kier alpha value is -1.35. The van der Waals surface area contributed by atoms with Gasteiger partial charge in [0, 0.05) is 31.1 Å². The topological polar surface area (TPSA) is 23.6 Å². The third kappa shape index (κ3) is 3.13. The summed E-state index contributed by atoms with van der Waals surface area (Å²) in [6.45, 7) is 8.27. The molecule has 0 spiro atoms. The molecule has 0 radical (unpaired) electrons. The molecule has 3 rings (SSSR count). The highest BCUT2D eigenvalue weighted by Gasteiger charge is 2.37. The Bertz CT molecular complexity index is 497. The van der Waals surface area contributed by atoms with Gasteiger partial charge in [-0.2, -0.15) is 0 Å². The average molecular weight is 286 g/mol. The first kappa shape index (κ1) is 14.6. The lowest BCUT2D eigenvalue weighted by Crippen LogP contribution is -2.55. The summed E-state index contributed by atoms with van der Waals surface area (Å²) in [4.78, 5) is 17.6. The normalized spacial score (nSPS) is 23.1. The molecule has 3 nitrogen and oxygen atoms in total. The maximum absolute atomic E-state index is 12.9. The minimum atomic E-state index is -0.317. The molecule has 3 heteroatoms. The van der Waals surface area contributed by atoms with Gasteiger partial charge in [-0.3, -0.25) is 9.69 Å². The van der Waals surface area contributed by atoms with Gasteiger partial charge in [-0.1, -0.05) is 44.2 Å². The molecular weight excluding hydrogens is 260 g/mol. The minimum Gasteiger partial charge on any atom is -0.339 e. The number of hydrogen-bond donors (Lipinski definition) is 0. The van der Waals surface area contributed by atoms with Crippen molar-refractivity contribution >= 4 is 5.91 Å². The number of amides is 1. The van der Waals surface area contributed by atoms with E-state index in [1.807, 2.05) is 18.2 Å². The summed E-state index contributed by atoms with van der Waals surface area (Å²) in [6.07, 6.45) is 3.36. The van der Waals surface area contributed by atoms with E-state index in [1.54, 1.807) is 0 Å². The molecule has 2 heterocycles. The van der Waals surface area contributed by atoms with Crippen molar-refractivity contribution in [3.8, 4) is 0 Å². The van der Waals surface area contributed by atoms with Crippen LogP contribution in [0.25, 0.3) is 0 Å². The van der Waals surface area contributed by atoms with Gasteiger partial charge >= 0.3 is 0 Å². The fourth-order valence-corrected chi connectivity index (χ4v) is 3.79. The lowest BCUT2D eigenvalue weighted by molar-refractivity contribution is -0.143. The number of rotatable bonds is 3. The molecule has 2 fully saturated rings. The number of nitrogens with zero attached hydrogens (tertiary/aromatic N) is 2. The molecule has 21 heavy (non-hydrogen) atoms. The standard InChI is InChI=1S/C18H26N2O/c1-18(2,13-15-7-4-3-5-8-15)17(21)20-12-11-19-10-6-9-16(19)14-20/h3-5,7-8,16H,6,9-14H2,1-2H3. The highest BCUT2D eigenvalue weighted by molar-refractivity contribution is 5.82. The van der Waals surface area contributed by atoms with Gasteiger partial charge in [0.15, 0.2) is 0 Å². The van der Waals surface area contributed by atoms with Gasteiger partial charge in [0.25, 0.3) is 0 Å². The zero-order chi connectivity index (χ0) is 14.9. The summed E-state index contributed by atoms with van der Waals surface area (Å²) >= 11 is 0. The van der Waals surface area contributed by atoms with Gasteiger partial charge in [0.2, 0.25) is 5.91 Å². The van der Waals surface area contributed by atoms with Crippen LogP contribution in [0, 0.1) is 5.41 Å². The van der Waals surface area contributed by atoms with Crippen molar-refractivity contribution < 1.29 is 4.79 Å². The molecule has 0 N–H and O–H groups in total. The molecule has 1 atom stereocenters. The van der Waals surface area contributed by atoms with Gasteiger partial charge in [-0.15, -0.1) is 0 Å². The summed E-state index contributed by atoms with van der Waals surface area (Å²) in [5.74, 6) is 0.318. The molecular formula is C18H26N2O. The van der Waals surface area contributed by atoms with Gasteiger partial charge in [-0.05, 0) is 31.4 Å². The molecule has 2 aliphatic heterocycles. The first-order chi connectivity index (χ1) is 10.1. The molecule has 1 amide bonds. The van der Waals surface area contributed by atoms with Crippen LogP contribution in [0.4, 0.5) is 0 Å². The van der Waals surface area contributed by atoms with Crippen molar-refractivity contribution in [1.29, 1.82) is 0 Å². The molecule has 1 aromatic carbocycles. The first-order valence-electron chi connectivity index (χ1n) is 8.14. The monoisotopic (exact) mass is 286 g/mol. The van der Waals surface area contributed by atoms with Crippen LogP contribution in [-0.4, -0.2) is 47.9 Å². The van der Waals surface area contributed by atoms with E-state index in [2.05, 4.69) is 35.8 Å². The Kier molecular flexibility index (Phi) is 4.03. The summed E-state index contributed by atoms with van der Waals surface area (Å²) in [5.41, 5.74) is 0.928. The van der Waals surface area contributed by atoms with Crippen LogP contribution < -0.4 is 0 Å². The van der Waals surface area contributed by atoms with Crippen molar-refractivity contribution in [1.82, 2.24) is 9.80 Å². The fourth-order valence-electron chi connectivity index (χ4n) is 3.79. The third-order valence-electron chi connectivity index (χ3n) is 4.94. The molecule has 1 aromatic rings. The molecule has 2 aliphatic rings. The Morgan fingerprint density at radius 3 is 2.71 bits per heavy atom. The summed E-state index contributed by atoms with van der Waals surface area (Å²) in [5, 5.41) is 0. The second-order valence-electron chi connectivity index (χ2n) is 7.13. The van der Waals surface area contributed by atoms with Crippen LogP contribution in [0.5, 0.6) is 0 Å². The zero-order valence-electron chi connectivity index (χ0n) is 13.2. The molecule has 2 saturated heterocycles. The predicted octanol–water partition coefficient (Wildman–Crippen LogP) is 2.56. The Morgan fingerprint density at radius 1 is 1.19 bits per heavy atom. The van der Waals surface area contributed by atoms with Crippen molar-refractivity contribution in [3.05, 3.63) is 35.9 Å². The van der Waals surface area contributed by atoms with Crippen molar-refractivity contribution in [2.45, 2.75) is 39.2 Å². The van der Waals surface area contributed by atoms with E-state index in [9.17, 15) is 4.79 Å². The number of carbonyl (C=O) groups is 1. The average Bonchev–Trinajstić information content (AvgIpc) is 2.94. The second-order valence-corrected chi connectivity index (χ2v) is 7.13. The Labute approximate surface area is 127 Å². The Morgan fingerprint density at radius 2 is 1.95 bits per heavy atom. The minimum absolute atomic E-state index is 0.317. The van der Waals surface area contributed by atoms with E-state index in [4.69, 9.17) is 0 Å². The van der Waals surface area contributed by atoms with Gasteiger partial charge in [0.1, 0.15) is 0 Å². The van der Waals surface area contributed by atoms with Crippen LogP contribution in [0.1, 0.15) is 32.3 Å². The quantitative estimate of drug-likeness (QED) is 0.852. The van der Waals surface area contributed by atoms with Crippen LogP contribution in [0.2, 0.25) is 0 Å². The molecule has 0 saturated carbocycles. The largest absolute Gasteiger partial charge is 0.339 e. The van der Waals surface area contributed by atoms with Gasteiger partial charge in [0.05, 0.1) is 0 Å². The van der Waals surface area contributed by atoms with Crippen LogP contribution in [0.15, 0.2) is 30.3 Å². The van der Waals surface area contributed by atoms with E-state index in [0.717, 1.165) is 26.1 Å². The van der Waals surface area contributed by atoms with Crippen LogP contribution in [0.3, 0.4) is 0 Å². The number of fused-ring (bicyclic) bond motifs is 1. The summed E-state index contributed by atoms with van der Waals surface area (Å²) in [7, 11) is 0. The lowest BCUT2D eigenvalue weighted by atomic mass is 9.84. The lowest BCUT2D eigenvalue weighted by Gasteiger charge is -2.40.